The average Bonchev–Trinajstić information content (AvgIpc) is 2.68. The molecule has 0 atom stereocenters. The molecule has 0 saturated carbocycles. The zero-order valence-electron chi connectivity index (χ0n) is 14.4. The number of halogens is 1. The molecule has 0 fully saturated rings. The highest BCUT2D eigenvalue weighted by molar-refractivity contribution is 6.32. The third-order valence-corrected chi connectivity index (χ3v) is 4.00. The second kappa shape index (κ2) is 8.27. The van der Waals surface area contributed by atoms with Gasteiger partial charge in [-0.25, -0.2) is 9.97 Å². The van der Waals surface area contributed by atoms with E-state index < -0.39 is 27.1 Å². The summed E-state index contributed by atoms with van der Waals surface area (Å²) in [5.41, 5.74) is -0.609. The zero-order valence-corrected chi connectivity index (χ0v) is 15.2. The van der Waals surface area contributed by atoms with Crippen molar-refractivity contribution in [2.24, 2.45) is 0 Å². The number of aromatic nitrogens is 2. The number of benzene rings is 2. The van der Waals surface area contributed by atoms with Crippen molar-refractivity contribution < 1.29 is 14.6 Å². The zero-order chi connectivity index (χ0) is 21.0. The lowest BCUT2D eigenvalue weighted by molar-refractivity contribution is -0.384. The summed E-state index contributed by atoms with van der Waals surface area (Å²) >= 11 is 5.73. The van der Waals surface area contributed by atoms with E-state index in [9.17, 15) is 25.0 Å². The van der Waals surface area contributed by atoms with Crippen molar-refractivity contribution in [1.82, 2.24) is 9.97 Å². The third-order valence-electron chi connectivity index (χ3n) is 3.68. The number of nitro benzene ring substituents is 1. The second-order valence-corrected chi connectivity index (χ2v) is 5.95. The fraction of sp³-hybridized carbons (Fsp3) is 0. The number of rotatable bonds is 6. The number of carbonyl (C=O) groups is 1. The van der Waals surface area contributed by atoms with E-state index in [4.69, 9.17) is 11.6 Å². The van der Waals surface area contributed by atoms with Crippen molar-refractivity contribution >= 4 is 46.2 Å². The molecule has 2 aromatic carbocycles. The number of amides is 1. The molecule has 11 nitrogen and oxygen atoms in total. The molecule has 0 aliphatic rings. The van der Waals surface area contributed by atoms with E-state index >= 15 is 0 Å². The van der Waals surface area contributed by atoms with Gasteiger partial charge in [0.1, 0.15) is 11.3 Å². The molecule has 0 radical (unpaired) electrons. The largest absolute Gasteiger partial charge is 0.354 e. The lowest BCUT2D eigenvalue weighted by Crippen LogP contribution is -2.15. The summed E-state index contributed by atoms with van der Waals surface area (Å²) in [7, 11) is 0. The van der Waals surface area contributed by atoms with Crippen molar-refractivity contribution in [3.63, 3.8) is 0 Å². The molecule has 146 valence electrons. The Bertz CT molecular complexity index is 1110. The molecule has 1 heterocycles. The molecule has 1 amide bonds. The monoisotopic (exact) mass is 414 g/mol. The van der Waals surface area contributed by atoms with Crippen LogP contribution < -0.4 is 10.6 Å². The van der Waals surface area contributed by atoms with Crippen LogP contribution in [0.1, 0.15) is 10.4 Å². The van der Waals surface area contributed by atoms with Gasteiger partial charge in [-0.2, -0.15) is 0 Å². The molecule has 2 N–H and O–H groups in total. The number of anilines is 3. The highest BCUT2D eigenvalue weighted by Gasteiger charge is 2.25. The minimum atomic E-state index is -0.836. The number of nitro groups is 2. The van der Waals surface area contributed by atoms with E-state index in [-0.39, 0.29) is 22.2 Å². The number of para-hydroxylation sites is 1. The van der Waals surface area contributed by atoms with Crippen LogP contribution in [0, 0.1) is 20.2 Å². The van der Waals surface area contributed by atoms with Crippen LogP contribution in [0.3, 0.4) is 0 Å². The van der Waals surface area contributed by atoms with Crippen molar-refractivity contribution in [3.8, 4) is 0 Å². The fourth-order valence-electron chi connectivity index (χ4n) is 2.37. The molecule has 0 aliphatic carbocycles. The Hall–Kier alpha value is -4.12. The summed E-state index contributed by atoms with van der Waals surface area (Å²) in [6.45, 7) is 0. The second-order valence-electron chi connectivity index (χ2n) is 5.55. The van der Waals surface area contributed by atoms with Gasteiger partial charge in [-0.1, -0.05) is 29.8 Å². The number of carbonyl (C=O) groups excluding carboxylic acids is 1. The van der Waals surface area contributed by atoms with E-state index in [0.29, 0.717) is 5.69 Å². The first kappa shape index (κ1) is 19.6. The van der Waals surface area contributed by atoms with Crippen LogP contribution in [0.4, 0.5) is 28.7 Å². The molecule has 29 heavy (non-hydrogen) atoms. The first-order valence-corrected chi connectivity index (χ1v) is 8.31. The Labute approximate surface area is 167 Å². The molecule has 3 rings (SSSR count). The van der Waals surface area contributed by atoms with Gasteiger partial charge in [0.15, 0.2) is 0 Å². The van der Waals surface area contributed by atoms with Gasteiger partial charge in [0.05, 0.1) is 9.85 Å². The van der Waals surface area contributed by atoms with Crippen molar-refractivity contribution in [3.05, 3.63) is 85.7 Å². The summed E-state index contributed by atoms with van der Waals surface area (Å²) in [6, 6.07) is 12.0. The summed E-state index contributed by atoms with van der Waals surface area (Å²) < 4.78 is 0. The van der Waals surface area contributed by atoms with Gasteiger partial charge < -0.3 is 10.6 Å². The predicted octanol–water partition coefficient (Wildman–Crippen LogP) is 3.94. The maximum absolute atomic E-state index is 12.5. The minimum absolute atomic E-state index is 0.119. The van der Waals surface area contributed by atoms with Crippen molar-refractivity contribution in [1.29, 1.82) is 0 Å². The van der Waals surface area contributed by atoms with Gasteiger partial charge in [-0.05, 0) is 24.3 Å². The van der Waals surface area contributed by atoms with Crippen molar-refractivity contribution in [2.75, 3.05) is 10.6 Å². The number of nitrogens with one attached hydrogen (secondary N) is 2. The average molecular weight is 415 g/mol. The highest BCUT2D eigenvalue weighted by Crippen LogP contribution is 2.32. The molecule has 0 saturated heterocycles. The normalized spacial score (nSPS) is 10.2. The Balaban J connectivity index is 1.94. The molecule has 12 heteroatoms. The van der Waals surface area contributed by atoms with Crippen LogP contribution in [0.5, 0.6) is 0 Å². The lowest BCUT2D eigenvalue weighted by atomic mass is 10.2. The molecule has 0 aliphatic heterocycles. The lowest BCUT2D eigenvalue weighted by Gasteiger charge is -2.09. The SMILES string of the molecule is O=C(Nc1ncnc(Nc2ccccc2)c1[N+](=O)[O-])c1ccc(Cl)c([N+](=O)[O-])c1. The topological polar surface area (TPSA) is 153 Å². The van der Waals surface area contributed by atoms with Crippen LogP contribution in [-0.2, 0) is 0 Å². The van der Waals surface area contributed by atoms with Crippen LogP contribution >= 0.6 is 11.6 Å². The van der Waals surface area contributed by atoms with E-state index in [1.54, 1.807) is 30.3 Å². The number of hydrogen-bond donors (Lipinski definition) is 2. The van der Waals surface area contributed by atoms with Crippen LogP contribution in [0.15, 0.2) is 54.9 Å². The number of nitrogens with zero attached hydrogens (tertiary/aromatic N) is 4. The maximum atomic E-state index is 12.5. The molecule has 0 unspecified atom stereocenters. The van der Waals surface area contributed by atoms with Gasteiger partial charge in [-0.15, -0.1) is 0 Å². The van der Waals surface area contributed by atoms with E-state index in [1.807, 2.05) is 0 Å². The summed E-state index contributed by atoms with van der Waals surface area (Å²) in [5.74, 6) is -1.34. The van der Waals surface area contributed by atoms with Gasteiger partial charge in [-0.3, -0.25) is 25.0 Å². The molecular weight excluding hydrogens is 404 g/mol. The third kappa shape index (κ3) is 4.42. The Morgan fingerprint density at radius 2 is 1.66 bits per heavy atom. The highest BCUT2D eigenvalue weighted by atomic mass is 35.5. The minimum Gasteiger partial charge on any atom is -0.334 e. The fourth-order valence-corrected chi connectivity index (χ4v) is 2.55. The standard InChI is InChI=1S/C17H11ClN6O5/c18-12-7-6-10(8-13(12)23(26)27)17(25)22-16-14(24(28)29)15(19-9-20-16)21-11-4-2-1-3-5-11/h1-9H,(H2,19,20,21,22,25). The van der Waals surface area contributed by atoms with Gasteiger partial charge in [0, 0.05) is 17.3 Å². The van der Waals surface area contributed by atoms with Crippen LogP contribution in [0.25, 0.3) is 0 Å². The van der Waals surface area contributed by atoms with E-state index in [1.165, 1.54) is 12.1 Å². The van der Waals surface area contributed by atoms with Gasteiger partial charge in [0.25, 0.3) is 11.6 Å². The van der Waals surface area contributed by atoms with Gasteiger partial charge >= 0.3 is 5.69 Å². The smallest absolute Gasteiger partial charge is 0.334 e. The predicted molar refractivity (Wildman–Crippen MR) is 104 cm³/mol. The molecule has 0 bridgehead atoms. The van der Waals surface area contributed by atoms with E-state index in [0.717, 1.165) is 12.4 Å². The van der Waals surface area contributed by atoms with Crippen molar-refractivity contribution in [2.45, 2.75) is 0 Å². The number of hydrogen-bond acceptors (Lipinski definition) is 8. The van der Waals surface area contributed by atoms with Gasteiger partial charge in [0.2, 0.25) is 11.6 Å². The summed E-state index contributed by atoms with van der Waals surface area (Å²) in [6.07, 6.45) is 1.04. The Kier molecular flexibility index (Phi) is 5.60. The van der Waals surface area contributed by atoms with Crippen LogP contribution in [0.2, 0.25) is 5.02 Å². The quantitative estimate of drug-likeness (QED) is 0.454. The Morgan fingerprint density at radius 1 is 0.966 bits per heavy atom. The Morgan fingerprint density at radius 3 is 2.31 bits per heavy atom. The maximum Gasteiger partial charge on any atom is 0.354 e. The van der Waals surface area contributed by atoms with Crippen LogP contribution in [-0.4, -0.2) is 25.7 Å². The summed E-state index contributed by atoms with van der Waals surface area (Å²) in [4.78, 5) is 41.2. The summed E-state index contributed by atoms with van der Waals surface area (Å²) in [5, 5.41) is 27.5. The first-order valence-electron chi connectivity index (χ1n) is 7.93. The molecule has 3 aromatic rings. The van der Waals surface area contributed by atoms with E-state index in [2.05, 4.69) is 20.6 Å². The first-order chi connectivity index (χ1) is 13.9. The molecular formula is C17H11ClN6O5. The molecule has 1 aromatic heterocycles. The molecule has 0 spiro atoms.